The second-order valence-corrected chi connectivity index (χ2v) is 7.21. The van der Waals surface area contributed by atoms with Crippen LogP contribution in [0.2, 0.25) is 5.02 Å². The minimum atomic E-state index is -0.484. The van der Waals surface area contributed by atoms with Gasteiger partial charge in [0.1, 0.15) is 5.75 Å². The van der Waals surface area contributed by atoms with Gasteiger partial charge in [0, 0.05) is 10.6 Å². The number of para-hydroxylation sites is 1. The number of aliphatic imine (C=N–C) groups is 1. The molecule has 1 aliphatic rings. The van der Waals surface area contributed by atoms with Crippen molar-refractivity contribution in [1.29, 1.82) is 0 Å². The molecule has 8 heteroatoms. The highest BCUT2D eigenvalue weighted by atomic mass is 35.5. The van der Waals surface area contributed by atoms with E-state index in [2.05, 4.69) is 15.0 Å². The number of esters is 1. The van der Waals surface area contributed by atoms with E-state index in [0.29, 0.717) is 32.1 Å². The molecule has 2 aromatic rings. The molecule has 2 aromatic carbocycles. The van der Waals surface area contributed by atoms with E-state index < -0.39 is 5.97 Å². The molecule has 0 spiro atoms. The smallest absolute Gasteiger partial charge is 0.343 e. The SMILES string of the molecule is COC(=O)COc1ccccc1/C=C1/SC(=Nc2cccc(Cl)c2C)NC1=O. The summed E-state index contributed by atoms with van der Waals surface area (Å²) in [7, 11) is 1.29. The molecule has 1 aliphatic heterocycles. The van der Waals surface area contributed by atoms with Gasteiger partial charge in [-0.15, -0.1) is 0 Å². The number of amides is 1. The van der Waals surface area contributed by atoms with Gasteiger partial charge in [0.2, 0.25) is 0 Å². The van der Waals surface area contributed by atoms with Crippen molar-refractivity contribution in [3.8, 4) is 5.75 Å². The monoisotopic (exact) mass is 416 g/mol. The van der Waals surface area contributed by atoms with E-state index in [9.17, 15) is 9.59 Å². The molecule has 0 unspecified atom stereocenters. The molecule has 0 aliphatic carbocycles. The third-order valence-corrected chi connectivity index (χ3v) is 5.21. The fourth-order valence-electron chi connectivity index (χ4n) is 2.38. The predicted molar refractivity (Wildman–Crippen MR) is 111 cm³/mol. The molecule has 1 fully saturated rings. The van der Waals surface area contributed by atoms with Crippen molar-refractivity contribution < 1.29 is 19.1 Å². The average Bonchev–Trinajstić information content (AvgIpc) is 3.03. The number of nitrogens with one attached hydrogen (secondary N) is 1. The number of hydrogen-bond acceptors (Lipinski definition) is 6. The maximum absolute atomic E-state index is 12.3. The minimum Gasteiger partial charge on any atom is -0.481 e. The lowest BCUT2D eigenvalue weighted by atomic mass is 10.2. The Kier molecular flexibility index (Phi) is 6.38. The molecule has 1 saturated heterocycles. The molecule has 0 radical (unpaired) electrons. The summed E-state index contributed by atoms with van der Waals surface area (Å²) in [6.07, 6.45) is 1.69. The normalized spacial score (nSPS) is 16.3. The highest BCUT2D eigenvalue weighted by molar-refractivity contribution is 8.18. The number of ether oxygens (including phenoxy) is 2. The quantitative estimate of drug-likeness (QED) is 0.586. The zero-order valence-electron chi connectivity index (χ0n) is 15.2. The summed E-state index contributed by atoms with van der Waals surface area (Å²) in [4.78, 5) is 28.6. The molecular formula is C20H17ClN2O4S. The van der Waals surface area contributed by atoms with E-state index in [0.717, 1.165) is 5.56 Å². The summed E-state index contributed by atoms with van der Waals surface area (Å²) in [5.41, 5.74) is 2.20. The first-order valence-corrected chi connectivity index (χ1v) is 9.50. The molecule has 144 valence electrons. The first-order valence-electron chi connectivity index (χ1n) is 8.31. The number of thioether (sulfide) groups is 1. The van der Waals surface area contributed by atoms with E-state index in [1.807, 2.05) is 25.1 Å². The third kappa shape index (κ3) is 4.74. The van der Waals surface area contributed by atoms with Gasteiger partial charge in [-0.2, -0.15) is 0 Å². The highest BCUT2D eigenvalue weighted by Gasteiger charge is 2.24. The molecular weight excluding hydrogens is 400 g/mol. The summed E-state index contributed by atoms with van der Waals surface area (Å²) in [6, 6.07) is 12.5. The third-order valence-electron chi connectivity index (χ3n) is 3.89. The number of nitrogens with zero attached hydrogens (tertiary/aromatic N) is 1. The zero-order valence-corrected chi connectivity index (χ0v) is 16.8. The number of halogens is 1. The van der Waals surface area contributed by atoms with Gasteiger partial charge in [-0.25, -0.2) is 9.79 Å². The van der Waals surface area contributed by atoms with Gasteiger partial charge >= 0.3 is 5.97 Å². The molecule has 28 heavy (non-hydrogen) atoms. The van der Waals surface area contributed by atoms with Crippen molar-refractivity contribution in [2.75, 3.05) is 13.7 Å². The first-order chi connectivity index (χ1) is 13.5. The Balaban J connectivity index is 1.82. The van der Waals surface area contributed by atoms with Gasteiger partial charge in [0.05, 0.1) is 17.7 Å². The van der Waals surface area contributed by atoms with Crippen LogP contribution in [0.15, 0.2) is 52.4 Å². The van der Waals surface area contributed by atoms with Crippen LogP contribution < -0.4 is 10.1 Å². The predicted octanol–water partition coefficient (Wildman–Crippen LogP) is 4.09. The molecule has 1 N–H and O–H groups in total. The van der Waals surface area contributed by atoms with Crippen molar-refractivity contribution in [3.63, 3.8) is 0 Å². The fraction of sp³-hybridized carbons (Fsp3) is 0.150. The summed E-state index contributed by atoms with van der Waals surface area (Å²) in [6.45, 7) is 1.66. The number of methoxy groups -OCH3 is 1. The van der Waals surface area contributed by atoms with Crippen LogP contribution in [-0.2, 0) is 14.3 Å². The standard InChI is InChI=1S/C20H17ClN2O4S/c1-12-14(21)7-5-8-15(12)22-20-23-19(25)17(28-20)10-13-6-3-4-9-16(13)27-11-18(24)26-2/h3-10H,11H2,1-2H3,(H,22,23,25)/b17-10+. The van der Waals surface area contributed by atoms with Crippen molar-refractivity contribution in [2.24, 2.45) is 4.99 Å². The van der Waals surface area contributed by atoms with Gasteiger partial charge in [-0.3, -0.25) is 4.79 Å². The lowest BCUT2D eigenvalue weighted by Gasteiger charge is -2.08. The van der Waals surface area contributed by atoms with Crippen molar-refractivity contribution in [1.82, 2.24) is 5.32 Å². The molecule has 0 atom stereocenters. The Labute approximate surface area is 171 Å². The van der Waals surface area contributed by atoms with Crippen LogP contribution >= 0.6 is 23.4 Å². The molecule has 1 amide bonds. The topological polar surface area (TPSA) is 77.0 Å². The first kappa shape index (κ1) is 20.0. The Hall–Kier alpha value is -2.77. The molecule has 3 rings (SSSR count). The van der Waals surface area contributed by atoms with E-state index in [4.69, 9.17) is 16.3 Å². The minimum absolute atomic E-state index is 0.212. The molecule has 0 saturated carbocycles. The Bertz CT molecular complexity index is 988. The Morgan fingerprint density at radius 1 is 1.25 bits per heavy atom. The van der Waals surface area contributed by atoms with Gasteiger partial charge in [-0.05, 0) is 48.5 Å². The van der Waals surface area contributed by atoms with E-state index in [-0.39, 0.29) is 12.5 Å². The largest absolute Gasteiger partial charge is 0.481 e. The van der Waals surface area contributed by atoms with Gasteiger partial charge in [-0.1, -0.05) is 35.9 Å². The lowest BCUT2D eigenvalue weighted by molar-refractivity contribution is -0.142. The van der Waals surface area contributed by atoms with Crippen LogP contribution in [0.5, 0.6) is 5.75 Å². The van der Waals surface area contributed by atoms with Crippen molar-refractivity contribution >= 4 is 52.2 Å². The summed E-state index contributed by atoms with van der Waals surface area (Å²) in [5, 5.41) is 3.83. The van der Waals surface area contributed by atoms with Crippen LogP contribution in [-0.4, -0.2) is 30.8 Å². The van der Waals surface area contributed by atoms with Gasteiger partial charge in [0.15, 0.2) is 11.8 Å². The summed E-state index contributed by atoms with van der Waals surface area (Å²) >= 11 is 7.34. The van der Waals surface area contributed by atoms with Crippen LogP contribution in [0.4, 0.5) is 5.69 Å². The van der Waals surface area contributed by atoms with Crippen LogP contribution in [0, 0.1) is 6.92 Å². The Morgan fingerprint density at radius 2 is 2.04 bits per heavy atom. The number of carbonyl (C=O) groups is 2. The summed E-state index contributed by atoms with van der Waals surface area (Å²) in [5.74, 6) is -0.266. The van der Waals surface area contributed by atoms with Crippen molar-refractivity contribution in [2.45, 2.75) is 6.92 Å². The zero-order chi connectivity index (χ0) is 20.1. The molecule has 0 bridgehead atoms. The fourth-order valence-corrected chi connectivity index (χ4v) is 3.37. The Morgan fingerprint density at radius 3 is 2.82 bits per heavy atom. The average molecular weight is 417 g/mol. The summed E-state index contributed by atoms with van der Waals surface area (Å²) < 4.78 is 10.1. The highest BCUT2D eigenvalue weighted by Crippen LogP contribution is 2.32. The van der Waals surface area contributed by atoms with Crippen molar-refractivity contribution in [3.05, 3.63) is 63.5 Å². The van der Waals surface area contributed by atoms with Crippen LogP contribution in [0.25, 0.3) is 6.08 Å². The molecule has 6 nitrogen and oxygen atoms in total. The molecule has 1 heterocycles. The number of carbonyl (C=O) groups excluding carboxylic acids is 2. The number of rotatable bonds is 5. The maximum atomic E-state index is 12.3. The number of hydrogen-bond donors (Lipinski definition) is 1. The maximum Gasteiger partial charge on any atom is 0.343 e. The number of benzene rings is 2. The van der Waals surface area contributed by atoms with E-state index in [1.54, 1.807) is 30.3 Å². The van der Waals surface area contributed by atoms with Crippen LogP contribution in [0.1, 0.15) is 11.1 Å². The second-order valence-electron chi connectivity index (χ2n) is 5.77. The molecule has 0 aromatic heterocycles. The second kappa shape index (κ2) is 8.95. The number of amidine groups is 1. The van der Waals surface area contributed by atoms with E-state index in [1.165, 1.54) is 18.9 Å². The van der Waals surface area contributed by atoms with E-state index >= 15 is 0 Å². The van der Waals surface area contributed by atoms with Gasteiger partial charge < -0.3 is 14.8 Å². The van der Waals surface area contributed by atoms with Gasteiger partial charge in [0.25, 0.3) is 5.91 Å². The van der Waals surface area contributed by atoms with Crippen LogP contribution in [0.3, 0.4) is 0 Å². The lowest BCUT2D eigenvalue weighted by Crippen LogP contribution is -2.19.